The highest BCUT2D eigenvalue weighted by atomic mass is 32.2. The number of rotatable bonds is 9. The third-order valence-corrected chi connectivity index (χ3v) is 9.42. The van der Waals surface area contributed by atoms with Gasteiger partial charge in [-0.1, -0.05) is 24.3 Å². The molecule has 1 atom stereocenters. The summed E-state index contributed by atoms with van der Waals surface area (Å²) in [6.45, 7) is 2.75. The number of pyridine rings is 1. The number of aromatic nitrogens is 1. The van der Waals surface area contributed by atoms with E-state index in [2.05, 4.69) is 20.3 Å². The van der Waals surface area contributed by atoms with Crippen molar-refractivity contribution in [2.24, 2.45) is 0 Å². The first-order valence-corrected chi connectivity index (χ1v) is 17.4. The van der Waals surface area contributed by atoms with Crippen molar-refractivity contribution in [1.29, 1.82) is 0 Å². The number of aryl methyl sites for hydroxylation is 1. The summed E-state index contributed by atoms with van der Waals surface area (Å²) in [5.41, 5.74) is 2.52. The summed E-state index contributed by atoms with van der Waals surface area (Å²) in [6.07, 6.45) is 6.83. The predicted molar refractivity (Wildman–Crippen MR) is 178 cm³/mol. The number of urea groups is 1. The van der Waals surface area contributed by atoms with E-state index < -0.39 is 16.1 Å². The molecule has 2 aliphatic heterocycles. The predicted octanol–water partition coefficient (Wildman–Crippen LogP) is 4.91. The molecule has 0 bridgehead atoms. The number of hydrogen-bond donors (Lipinski definition) is 3. The topological polar surface area (TPSA) is 150 Å². The van der Waals surface area contributed by atoms with Crippen LogP contribution in [-0.4, -0.2) is 68.1 Å². The fourth-order valence-corrected chi connectivity index (χ4v) is 6.98. The van der Waals surface area contributed by atoms with Gasteiger partial charge in [-0.05, 0) is 61.7 Å². The lowest BCUT2D eigenvalue weighted by Gasteiger charge is -2.32. The number of para-hydroxylation sites is 1. The van der Waals surface area contributed by atoms with E-state index in [1.165, 1.54) is 23.5 Å². The van der Waals surface area contributed by atoms with Crippen LogP contribution in [-0.2, 0) is 14.8 Å². The lowest BCUT2D eigenvalue weighted by atomic mass is 10.0. The standard InChI is InChI=1S/C32H32N6O6S2/c1-20-18-23(44-22-9-4-3-5-10-22)12-13-24(20)38-25-14-16-33-31-27(25)28(36-32(38)41)29(45-31)30(40)35-21-8-7-17-37(19-21)26(39)11-6-15-34-46(2,42)43/h3-6,9-14,16,18,21,34H,7-8,15,17,19H2,1-2H3,(H,35,40)(H,36,41). The zero-order valence-corrected chi connectivity index (χ0v) is 26.8. The van der Waals surface area contributed by atoms with E-state index in [1.54, 1.807) is 22.1 Å². The Kier molecular flexibility index (Phi) is 8.75. The van der Waals surface area contributed by atoms with Crippen LogP contribution in [0.4, 0.5) is 21.9 Å². The lowest BCUT2D eigenvalue weighted by molar-refractivity contribution is -0.127. The molecule has 46 heavy (non-hydrogen) atoms. The third-order valence-electron chi connectivity index (χ3n) is 7.63. The third kappa shape index (κ3) is 6.73. The first kappa shape index (κ1) is 31.2. The van der Waals surface area contributed by atoms with Crippen LogP contribution in [0.5, 0.6) is 11.5 Å². The Morgan fingerprint density at radius 1 is 1.13 bits per heavy atom. The van der Waals surface area contributed by atoms with Crippen LogP contribution in [0.25, 0.3) is 10.2 Å². The number of ether oxygens (including phenoxy) is 1. The summed E-state index contributed by atoms with van der Waals surface area (Å²) >= 11 is 1.20. The zero-order valence-electron chi connectivity index (χ0n) is 25.1. The Morgan fingerprint density at radius 2 is 1.93 bits per heavy atom. The first-order valence-electron chi connectivity index (χ1n) is 14.6. The number of nitrogens with zero attached hydrogens (tertiary/aromatic N) is 3. The molecule has 238 valence electrons. The monoisotopic (exact) mass is 660 g/mol. The van der Waals surface area contributed by atoms with Crippen molar-refractivity contribution in [3.63, 3.8) is 0 Å². The van der Waals surface area contributed by atoms with Crippen molar-refractivity contribution in [2.75, 3.05) is 36.1 Å². The van der Waals surface area contributed by atoms with E-state index in [-0.39, 0.29) is 24.4 Å². The normalized spacial score (nSPS) is 16.5. The maximum atomic E-state index is 13.6. The summed E-state index contributed by atoms with van der Waals surface area (Å²) in [7, 11) is -3.35. The molecule has 2 aliphatic rings. The van der Waals surface area contributed by atoms with E-state index in [0.29, 0.717) is 69.6 Å². The number of carbonyl (C=O) groups is 3. The van der Waals surface area contributed by atoms with Gasteiger partial charge in [0, 0.05) is 37.9 Å². The van der Waals surface area contributed by atoms with Gasteiger partial charge in [-0.15, -0.1) is 11.3 Å². The molecule has 4 heterocycles. The fourth-order valence-electron chi connectivity index (χ4n) is 5.56. The Labute approximate surface area is 270 Å². The number of sulfonamides is 1. The molecule has 2 aromatic heterocycles. The van der Waals surface area contributed by atoms with Crippen LogP contribution < -0.4 is 25.0 Å². The smallest absolute Gasteiger partial charge is 0.331 e. The number of thiophene rings is 1. The number of carbonyl (C=O) groups excluding carboxylic acids is 3. The molecule has 0 saturated carbocycles. The molecule has 1 unspecified atom stereocenters. The van der Waals surface area contributed by atoms with E-state index >= 15 is 0 Å². The Bertz CT molecular complexity index is 1960. The van der Waals surface area contributed by atoms with Crippen LogP contribution in [0.2, 0.25) is 0 Å². The second-order valence-electron chi connectivity index (χ2n) is 11.1. The van der Waals surface area contributed by atoms with Crippen molar-refractivity contribution in [3.05, 3.63) is 83.4 Å². The van der Waals surface area contributed by atoms with E-state index in [1.807, 2.05) is 55.5 Å². The second kappa shape index (κ2) is 12.9. The van der Waals surface area contributed by atoms with Crippen LogP contribution in [0.1, 0.15) is 28.1 Å². The highest BCUT2D eigenvalue weighted by Crippen LogP contribution is 2.46. The minimum Gasteiger partial charge on any atom is -0.457 e. The molecule has 0 aliphatic carbocycles. The molecule has 0 radical (unpaired) electrons. The van der Waals surface area contributed by atoms with Gasteiger partial charge < -0.3 is 20.3 Å². The number of benzene rings is 2. The van der Waals surface area contributed by atoms with Gasteiger partial charge in [0.1, 0.15) is 21.2 Å². The molecule has 1 saturated heterocycles. The number of piperidine rings is 1. The molecule has 14 heteroatoms. The highest BCUT2D eigenvalue weighted by Gasteiger charge is 2.34. The van der Waals surface area contributed by atoms with Crippen molar-refractivity contribution in [1.82, 2.24) is 19.9 Å². The van der Waals surface area contributed by atoms with Gasteiger partial charge in [-0.3, -0.25) is 14.5 Å². The highest BCUT2D eigenvalue weighted by molar-refractivity contribution is 7.88. The summed E-state index contributed by atoms with van der Waals surface area (Å²) in [5, 5.41) is 6.64. The van der Waals surface area contributed by atoms with Gasteiger partial charge >= 0.3 is 6.03 Å². The van der Waals surface area contributed by atoms with Gasteiger partial charge in [0.05, 0.1) is 28.7 Å². The van der Waals surface area contributed by atoms with Crippen molar-refractivity contribution in [3.8, 4) is 11.5 Å². The van der Waals surface area contributed by atoms with Gasteiger partial charge in [0.15, 0.2) is 0 Å². The maximum Gasteiger partial charge on any atom is 0.331 e. The number of hydrogen-bond acceptors (Lipinski definition) is 8. The quantitative estimate of drug-likeness (QED) is 0.216. The van der Waals surface area contributed by atoms with Crippen molar-refractivity contribution in [2.45, 2.75) is 25.8 Å². The van der Waals surface area contributed by atoms with Crippen LogP contribution >= 0.6 is 11.3 Å². The van der Waals surface area contributed by atoms with Crippen molar-refractivity contribution >= 4 is 66.5 Å². The molecule has 4 aromatic rings. The molecular formula is C32H32N6O6S2. The molecule has 4 amide bonds. The molecule has 0 spiro atoms. The first-order chi connectivity index (χ1) is 22.1. The summed E-state index contributed by atoms with van der Waals surface area (Å²) < 4.78 is 30.7. The van der Waals surface area contributed by atoms with Gasteiger partial charge in [-0.2, -0.15) is 0 Å². The summed E-state index contributed by atoms with van der Waals surface area (Å²) in [4.78, 5) is 48.5. The number of anilines is 3. The Morgan fingerprint density at radius 3 is 2.70 bits per heavy atom. The average molecular weight is 661 g/mol. The van der Waals surface area contributed by atoms with Crippen LogP contribution in [0.15, 0.2) is 72.9 Å². The maximum absolute atomic E-state index is 13.6. The number of amides is 4. The molecule has 12 nitrogen and oxygen atoms in total. The van der Waals surface area contributed by atoms with Crippen LogP contribution in [0, 0.1) is 6.92 Å². The summed E-state index contributed by atoms with van der Waals surface area (Å²) in [5.74, 6) is 0.729. The average Bonchev–Trinajstić information content (AvgIpc) is 3.39. The Hall–Kier alpha value is -4.79. The van der Waals surface area contributed by atoms with E-state index in [9.17, 15) is 22.8 Å². The Balaban J connectivity index is 1.19. The molecule has 6 rings (SSSR count). The van der Waals surface area contributed by atoms with Crippen molar-refractivity contribution < 1.29 is 27.5 Å². The van der Waals surface area contributed by atoms with Gasteiger partial charge in [0.2, 0.25) is 15.9 Å². The van der Waals surface area contributed by atoms with Crippen LogP contribution in [0.3, 0.4) is 0 Å². The molecule has 2 aromatic carbocycles. The summed E-state index contributed by atoms with van der Waals surface area (Å²) in [6, 6.07) is 16.0. The minimum absolute atomic E-state index is 0.0139. The largest absolute Gasteiger partial charge is 0.457 e. The number of nitrogens with one attached hydrogen (secondary N) is 3. The fraction of sp³-hybridized carbons (Fsp3) is 0.250. The molecule has 3 N–H and O–H groups in total. The van der Waals surface area contributed by atoms with Gasteiger partial charge in [0.25, 0.3) is 5.91 Å². The second-order valence-corrected chi connectivity index (χ2v) is 13.9. The van der Waals surface area contributed by atoms with E-state index in [4.69, 9.17) is 4.74 Å². The zero-order chi connectivity index (χ0) is 32.4. The minimum atomic E-state index is -3.35. The van der Waals surface area contributed by atoms with Gasteiger partial charge in [-0.25, -0.2) is 22.9 Å². The lowest BCUT2D eigenvalue weighted by Crippen LogP contribution is -2.49. The SMILES string of the molecule is Cc1cc(Oc2ccccc2)ccc1N1C(=O)Nc2c(C(=O)NC3CCCN(C(=O)C=CCNS(C)(=O)=O)C3)sc3nccc1c23. The molecular weight excluding hydrogens is 629 g/mol. The number of likely N-dealkylation sites (tertiary alicyclic amines) is 1. The van der Waals surface area contributed by atoms with E-state index in [0.717, 1.165) is 11.8 Å². The molecule has 1 fully saturated rings.